The van der Waals surface area contributed by atoms with Gasteiger partial charge in [-0.15, -0.1) is 0 Å². The molecule has 0 spiro atoms. The third-order valence-electron chi connectivity index (χ3n) is 3.44. The summed E-state index contributed by atoms with van der Waals surface area (Å²) in [5.74, 6) is 0.553. The molecule has 0 amide bonds. The summed E-state index contributed by atoms with van der Waals surface area (Å²) in [4.78, 5) is 16.4. The first-order valence-electron chi connectivity index (χ1n) is 6.00. The molecule has 0 unspecified atom stereocenters. The van der Waals surface area contributed by atoms with Gasteiger partial charge >= 0.3 is 0 Å². The van der Waals surface area contributed by atoms with E-state index in [2.05, 4.69) is 4.98 Å². The molecule has 86 valence electrons. The lowest BCUT2D eigenvalue weighted by molar-refractivity contribution is 0.0683. The fourth-order valence-corrected chi connectivity index (χ4v) is 2.26. The molecule has 1 saturated carbocycles. The molecule has 0 N–H and O–H groups in total. The maximum atomic E-state index is 12.0. The van der Waals surface area contributed by atoms with E-state index in [1.807, 2.05) is 0 Å². The van der Waals surface area contributed by atoms with Crippen LogP contribution >= 0.6 is 0 Å². The Morgan fingerprint density at radius 3 is 2.62 bits per heavy atom. The summed E-state index contributed by atoms with van der Waals surface area (Å²) in [6.07, 6.45) is 5.95. The monoisotopic (exact) mass is 220 g/mol. The molecular weight excluding hydrogens is 204 g/mol. The number of aromatic nitrogens is 2. The Kier molecular flexibility index (Phi) is 2.52. The standard InChI is InChI=1S/C12H16N2O2/c15-12-7-11(9-1-2-9)13-8-14(12)10-3-5-16-6-4-10/h7-10H,1-6H2. The van der Waals surface area contributed by atoms with Crippen molar-refractivity contribution in [2.24, 2.45) is 0 Å². The van der Waals surface area contributed by atoms with Crippen LogP contribution in [0.25, 0.3) is 0 Å². The second kappa shape index (κ2) is 4.01. The summed E-state index contributed by atoms with van der Waals surface area (Å²) in [6, 6.07) is 2.00. The molecule has 1 aromatic rings. The first kappa shape index (κ1) is 10.0. The summed E-state index contributed by atoms with van der Waals surface area (Å²) in [7, 11) is 0. The van der Waals surface area contributed by atoms with Crippen LogP contribution in [0.15, 0.2) is 17.2 Å². The van der Waals surface area contributed by atoms with E-state index in [4.69, 9.17) is 4.74 Å². The third-order valence-corrected chi connectivity index (χ3v) is 3.44. The van der Waals surface area contributed by atoms with Gasteiger partial charge in [0, 0.05) is 31.2 Å². The molecule has 1 aliphatic carbocycles. The fraction of sp³-hybridized carbons (Fsp3) is 0.667. The Morgan fingerprint density at radius 1 is 1.25 bits per heavy atom. The van der Waals surface area contributed by atoms with E-state index in [1.54, 1.807) is 17.0 Å². The first-order valence-corrected chi connectivity index (χ1v) is 6.00. The van der Waals surface area contributed by atoms with Crippen molar-refractivity contribution in [2.75, 3.05) is 13.2 Å². The topological polar surface area (TPSA) is 44.1 Å². The van der Waals surface area contributed by atoms with Crippen LogP contribution in [0.1, 0.15) is 43.3 Å². The van der Waals surface area contributed by atoms with Crippen molar-refractivity contribution in [1.29, 1.82) is 0 Å². The average molecular weight is 220 g/mol. The van der Waals surface area contributed by atoms with E-state index in [9.17, 15) is 4.79 Å². The molecule has 4 nitrogen and oxygen atoms in total. The predicted molar refractivity (Wildman–Crippen MR) is 59.6 cm³/mol. The van der Waals surface area contributed by atoms with Gasteiger partial charge in [0.25, 0.3) is 5.56 Å². The lowest BCUT2D eigenvalue weighted by atomic mass is 10.1. The first-order chi connectivity index (χ1) is 7.84. The highest BCUT2D eigenvalue weighted by Crippen LogP contribution is 2.38. The minimum absolute atomic E-state index is 0.101. The number of hydrogen-bond acceptors (Lipinski definition) is 3. The average Bonchev–Trinajstić information content (AvgIpc) is 3.14. The van der Waals surface area contributed by atoms with Gasteiger partial charge in [0.2, 0.25) is 0 Å². The zero-order valence-electron chi connectivity index (χ0n) is 9.26. The summed E-state index contributed by atoms with van der Waals surface area (Å²) < 4.78 is 7.07. The van der Waals surface area contributed by atoms with Crippen LogP contribution in [0.5, 0.6) is 0 Å². The van der Waals surface area contributed by atoms with Gasteiger partial charge in [-0.25, -0.2) is 4.98 Å². The minimum atomic E-state index is 0.101. The van der Waals surface area contributed by atoms with E-state index in [-0.39, 0.29) is 11.6 Å². The van der Waals surface area contributed by atoms with Crippen molar-refractivity contribution < 1.29 is 4.74 Å². The van der Waals surface area contributed by atoms with Crippen LogP contribution in [0, 0.1) is 0 Å². The molecule has 0 radical (unpaired) electrons. The zero-order valence-corrected chi connectivity index (χ0v) is 9.26. The van der Waals surface area contributed by atoms with Gasteiger partial charge in [-0.05, 0) is 25.7 Å². The second-order valence-corrected chi connectivity index (χ2v) is 4.68. The lowest BCUT2D eigenvalue weighted by Gasteiger charge is -2.23. The Hall–Kier alpha value is -1.16. The molecule has 0 aromatic carbocycles. The molecule has 2 aliphatic rings. The maximum Gasteiger partial charge on any atom is 0.253 e. The Balaban J connectivity index is 1.86. The molecule has 4 heteroatoms. The molecule has 2 fully saturated rings. The maximum absolute atomic E-state index is 12.0. The highest BCUT2D eigenvalue weighted by Gasteiger charge is 2.26. The van der Waals surface area contributed by atoms with Gasteiger partial charge in [-0.3, -0.25) is 9.36 Å². The van der Waals surface area contributed by atoms with Crippen LogP contribution in [-0.4, -0.2) is 22.8 Å². The molecule has 1 saturated heterocycles. The molecule has 3 rings (SSSR count). The van der Waals surface area contributed by atoms with Crippen molar-refractivity contribution in [2.45, 2.75) is 37.6 Å². The number of rotatable bonds is 2. The van der Waals surface area contributed by atoms with Crippen LogP contribution in [-0.2, 0) is 4.74 Å². The fourth-order valence-electron chi connectivity index (χ4n) is 2.26. The summed E-state index contributed by atoms with van der Waals surface area (Å²) >= 11 is 0. The second-order valence-electron chi connectivity index (χ2n) is 4.68. The SMILES string of the molecule is O=c1cc(C2CC2)ncn1C1CCOCC1. The summed E-state index contributed by atoms with van der Waals surface area (Å²) in [6.45, 7) is 1.50. The highest BCUT2D eigenvalue weighted by molar-refractivity contribution is 5.12. The van der Waals surface area contributed by atoms with Gasteiger partial charge in [0.05, 0.1) is 12.0 Å². The van der Waals surface area contributed by atoms with Crippen LogP contribution in [0.4, 0.5) is 0 Å². The van der Waals surface area contributed by atoms with Crippen LogP contribution < -0.4 is 5.56 Å². The zero-order chi connectivity index (χ0) is 11.0. The number of nitrogens with zero attached hydrogens (tertiary/aromatic N) is 2. The molecular formula is C12H16N2O2. The van der Waals surface area contributed by atoms with Crippen molar-refractivity contribution in [3.05, 3.63) is 28.4 Å². The van der Waals surface area contributed by atoms with Crippen LogP contribution in [0.3, 0.4) is 0 Å². The van der Waals surface area contributed by atoms with E-state index in [1.165, 1.54) is 12.8 Å². The third kappa shape index (κ3) is 1.89. The van der Waals surface area contributed by atoms with Gasteiger partial charge in [-0.1, -0.05) is 0 Å². The normalized spacial score (nSPS) is 22.2. The molecule has 0 bridgehead atoms. The number of ether oxygens (including phenoxy) is 1. The predicted octanol–water partition coefficient (Wildman–Crippen LogP) is 1.47. The molecule has 1 aliphatic heterocycles. The molecule has 0 atom stereocenters. The smallest absolute Gasteiger partial charge is 0.253 e. The van der Waals surface area contributed by atoms with Crippen molar-refractivity contribution in [3.8, 4) is 0 Å². The van der Waals surface area contributed by atoms with Gasteiger partial charge in [-0.2, -0.15) is 0 Å². The van der Waals surface area contributed by atoms with E-state index >= 15 is 0 Å². The number of hydrogen-bond donors (Lipinski definition) is 0. The van der Waals surface area contributed by atoms with Gasteiger partial charge in [0.1, 0.15) is 0 Å². The van der Waals surface area contributed by atoms with Crippen molar-refractivity contribution >= 4 is 0 Å². The van der Waals surface area contributed by atoms with Crippen molar-refractivity contribution in [3.63, 3.8) is 0 Å². The van der Waals surface area contributed by atoms with E-state index in [0.29, 0.717) is 5.92 Å². The van der Waals surface area contributed by atoms with Crippen LogP contribution in [0.2, 0.25) is 0 Å². The summed E-state index contributed by atoms with van der Waals surface area (Å²) in [5, 5.41) is 0. The quantitative estimate of drug-likeness (QED) is 0.758. The highest BCUT2D eigenvalue weighted by atomic mass is 16.5. The molecule has 1 aromatic heterocycles. The van der Waals surface area contributed by atoms with E-state index in [0.717, 1.165) is 31.7 Å². The minimum Gasteiger partial charge on any atom is -0.381 e. The van der Waals surface area contributed by atoms with Crippen molar-refractivity contribution in [1.82, 2.24) is 9.55 Å². The van der Waals surface area contributed by atoms with E-state index < -0.39 is 0 Å². The van der Waals surface area contributed by atoms with Gasteiger partial charge < -0.3 is 4.74 Å². The molecule has 16 heavy (non-hydrogen) atoms. The van der Waals surface area contributed by atoms with Gasteiger partial charge in [0.15, 0.2) is 0 Å². The largest absolute Gasteiger partial charge is 0.381 e. The summed E-state index contributed by atoms with van der Waals surface area (Å²) in [5.41, 5.74) is 1.08. The Labute approximate surface area is 94.3 Å². The Morgan fingerprint density at radius 2 is 2.00 bits per heavy atom. The Bertz CT molecular complexity index is 431. The molecule has 2 heterocycles. The lowest BCUT2D eigenvalue weighted by Crippen LogP contribution is -2.29.